The molecule has 7 heteroatoms. The molecule has 0 fully saturated rings. The molecule has 24 heavy (non-hydrogen) atoms. The second-order valence-corrected chi connectivity index (χ2v) is 5.35. The van der Waals surface area contributed by atoms with Gasteiger partial charge in [0, 0.05) is 32.3 Å². The average Bonchev–Trinajstić information content (AvgIpc) is 2.59. The third kappa shape index (κ3) is 3.87. The van der Waals surface area contributed by atoms with E-state index in [4.69, 9.17) is 5.26 Å². The zero-order chi connectivity index (χ0) is 17.7. The minimum atomic E-state index is -0.498. The van der Waals surface area contributed by atoms with Crippen LogP contribution in [-0.4, -0.2) is 29.8 Å². The van der Waals surface area contributed by atoms with Crippen molar-refractivity contribution in [2.45, 2.75) is 6.54 Å². The van der Waals surface area contributed by atoms with Gasteiger partial charge in [-0.25, -0.2) is 0 Å². The lowest BCUT2D eigenvalue weighted by Gasteiger charge is -2.11. The number of hydrogen-bond acceptors (Lipinski definition) is 5. The van der Waals surface area contributed by atoms with E-state index in [-0.39, 0.29) is 17.3 Å². The number of rotatable bonds is 5. The van der Waals surface area contributed by atoms with Crippen molar-refractivity contribution >= 4 is 17.3 Å². The van der Waals surface area contributed by atoms with Gasteiger partial charge in [0.05, 0.1) is 16.6 Å². The molecule has 0 aliphatic heterocycles. The lowest BCUT2D eigenvalue weighted by Crippen LogP contribution is -2.21. The van der Waals surface area contributed by atoms with Gasteiger partial charge in [0.15, 0.2) is 0 Å². The van der Waals surface area contributed by atoms with Crippen LogP contribution in [0, 0.1) is 21.4 Å². The molecule has 122 valence electrons. The summed E-state index contributed by atoms with van der Waals surface area (Å²) in [6, 6.07) is 13.1. The van der Waals surface area contributed by atoms with Crippen LogP contribution in [0.3, 0.4) is 0 Å². The minimum absolute atomic E-state index is 0.0894. The molecule has 0 aromatic heterocycles. The van der Waals surface area contributed by atoms with Crippen LogP contribution < -0.4 is 5.32 Å². The molecule has 7 nitrogen and oxygen atoms in total. The Balaban J connectivity index is 2.15. The van der Waals surface area contributed by atoms with Gasteiger partial charge < -0.3 is 10.2 Å². The SMILES string of the molecule is CN(C)C(=O)c1ccc(CNc2cc(C#N)ccc2[N+](=O)[O-])cc1. The van der Waals surface area contributed by atoms with Crippen LogP contribution in [0.25, 0.3) is 0 Å². The quantitative estimate of drug-likeness (QED) is 0.673. The van der Waals surface area contributed by atoms with Gasteiger partial charge in [0.2, 0.25) is 0 Å². The fourth-order valence-electron chi connectivity index (χ4n) is 2.13. The van der Waals surface area contributed by atoms with Crippen LogP contribution in [0.2, 0.25) is 0 Å². The lowest BCUT2D eigenvalue weighted by atomic mass is 10.1. The van der Waals surface area contributed by atoms with Crippen molar-refractivity contribution in [3.8, 4) is 6.07 Å². The Morgan fingerprint density at radius 3 is 2.46 bits per heavy atom. The molecule has 2 rings (SSSR count). The first kappa shape index (κ1) is 17.0. The molecule has 2 aromatic carbocycles. The Hall–Kier alpha value is -3.40. The number of amides is 1. The minimum Gasteiger partial charge on any atom is -0.375 e. The van der Waals surface area contributed by atoms with E-state index in [0.29, 0.717) is 17.7 Å². The zero-order valence-electron chi connectivity index (χ0n) is 13.3. The predicted octanol–water partition coefficient (Wildman–Crippen LogP) is 2.78. The van der Waals surface area contributed by atoms with E-state index in [2.05, 4.69) is 5.32 Å². The van der Waals surface area contributed by atoms with Crippen LogP contribution in [0.4, 0.5) is 11.4 Å². The molecule has 0 aliphatic carbocycles. The molecule has 0 bridgehead atoms. The first-order chi connectivity index (χ1) is 11.4. The molecule has 1 amide bonds. The van der Waals surface area contributed by atoms with Gasteiger partial charge in [0.1, 0.15) is 5.69 Å². The summed E-state index contributed by atoms with van der Waals surface area (Å²) in [6.07, 6.45) is 0. The van der Waals surface area contributed by atoms with Gasteiger partial charge in [-0.15, -0.1) is 0 Å². The van der Waals surface area contributed by atoms with Gasteiger partial charge in [-0.2, -0.15) is 5.26 Å². The van der Waals surface area contributed by atoms with Crippen LogP contribution in [0.15, 0.2) is 42.5 Å². The highest BCUT2D eigenvalue weighted by Gasteiger charge is 2.14. The van der Waals surface area contributed by atoms with E-state index >= 15 is 0 Å². The first-order valence-corrected chi connectivity index (χ1v) is 7.15. The van der Waals surface area contributed by atoms with Gasteiger partial charge in [-0.3, -0.25) is 14.9 Å². The Kier molecular flexibility index (Phi) is 5.12. The summed E-state index contributed by atoms with van der Waals surface area (Å²) in [7, 11) is 3.36. The average molecular weight is 324 g/mol. The number of nitriles is 1. The summed E-state index contributed by atoms with van der Waals surface area (Å²) in [6.45, 7) is 0.339. The van der Waals surface area contributed by atoms with Crippen molar-refractivity contribution < 1.29 is 9.72 Å². The normalized spacial score (nSPS) is 9.88. The molecule has 0 saturated heterocycles. The predicted molar refractivity (Wildman–Crippen MR) is 89.6 cm³/mol. The maximum absolute atomic E-state index is 11.8. The van der Waals surface area contributed by atoms with Crippen molar-refractivity contribution in [3.63, 3.8) is 0 Å². The molecular weight excluding hydrogens is 308 g/mol. The molecule has 0 aliphatic rings. The molecule has 0 unspecified atom stereocenters. The molecule has 2 aromatic rings. The standard InChI is InChI=1S/C17H16N4O3/c1-20(2)17(22)14-6-3-12(4-7-14)11-19-15-9-13(10-18)5-8-16(15)21(23)24/h3-9,19H,11H2,1-2H3. The molecule has 0 radical (unpaired) electrons. The number of anilines is 1. The lowest BCUT2D eigenvalue weighted by molar-refractivity contribution is -0.384. The summed E-state index contributed by atoms with van der Waals surface area (Å²) >= 11 is 0. The van der Waals surface area contributed by atoms with E-state index in [1.807, 2.05) is 6.07 Å². The number of carbonyl (C=O) groups excluding carboxylic acids is 1. The topological polar surface area (TPSA) is 99.3 Å². The first-order valence-electron chi connectivity index (χ1n) is 7.15. The number of nitrogens with one attached hydrogen (secondary N) is 1. The zero-order valence-corrected chi connectivity index (χ0v) is 13.3. The molecule has 0 saturated carbocycles. The van der Waals surface area contributed by atoms with Crippen molar-refractivity contribution in [3.05, 3.63) is 69.3 Å². The van der Waals surface area contributed by atoms with Crippen molar-refractivity contribution in [1.29, 1.82) is 5.26 Å². The molecular formula is C17H16N4O3. The summed E-state index contributed by atoms with van der Waals surface area (Å²) in [5.41, 5.74) is 1.97. The van der Waals surface area contributed by atoms with E-state index in [1.54, 1.807) is 38.4 Å². The van der Waals surface area contributed by atoms with Crippen molar-refractivity contribution in [1.82, 2.24) is 4.90 Å². The Bertz CT molecular complexity index is 808. The van der Waals surface area contributed by atoms with E-state index in [9.17, 15) is 14.9 Å². The van der Waals surface area contributed by atoms with Crippen LogP contribution in [-0.2, 0) is 6.54 Å². The number of nitro groups is 1. The fraction of sp³-hybridized carbons (Fsp3) is 0.176. The van der Waals surface area contributed by atoms with Gasteiger partial charge in [-0.1, -0.05) is 12.1 Å². The van der Waals surface area contributed by atoms with E-state index in [0.717, 1.165) is 5.56 Å². The number of nitrogens with zero attached hydrogens (tertiary/aromatic N) is 3. The van der Waals surface area contributed by atoms with E-state index in [1.165, 1.54) is 23.1 Å². The molecule has 0 heterocycles. The van der Waals surface area contributed by atoms with Gasteiger partial charge in [0.25, 0.3) is 11.6 Å². The monoisotopic (exact) mass is 324 g/mol. The number of nitro benzene ring substituents is 1. The molecule has 0 spiro atoms. The number of benzene rings is 2. The Labute approximate surface area is 139 Å². The Morgan fingerprint density at radius 1 is 1.25 bits per heavy atom. The van der Waals surface area contributed by atoms with Gasteiger partial charge >= 0.3 is 0 Å². The summed E-state index contributed by atoms with van der Waals surface area (Å²) in [4.78, 5) is 23.9. The van der Waals surface area contributed by atoms with Crippen LogP contribution >= 0.6 is 0 Å². The number of carbonyl (C=O) groups is 1. The maximum atomic E-state index is 11.8. The van der Waals surface area contributed by atoms with Crippen molar-refractivity contribution in [2.24, 2.45) is 0 Å². The van der Waals surface area contributed by atoms with Crippen LogP contribution in [0.1, 0.15) is 21.5 Å². The van der Waals surface area contributed by atoms with Crippen molar-refractivity contribution in [2.75, 3.05) is 19.4 Å². The summed E-state index contributed by atoms with van der Waals surface area (Å²) in [5.74, 6) is -0.0909. The second kappa shape index (κ2) is 7.24. The largest absolute Gasteiger partial charge is 0.375 e. The van der Waals surface area contributed by atoms with Crippen LogP contribution in [0.5, 0.6) is 0 Å². The smallest absolute Gasteiger partial charge is 0.292 e. The van der Waals surface area contributed by atoms with E-state index < -0.39 is 4.92 Å². The highest BCUT2D eigenvalue weighted by atomic mass is 16.6. The molecule has 1 N–H and O–H groups in total. The highest BCUT2D eigenvalue weighted by molar-refractivity contribution is 5.93. The molecule has 0 atom stereocenters. The summed E-state index contributed by atoms with van der Waals surface area (Å²) < 4.78 is 0. The third-order valence-electron chi connectivity index (χ3n) is 3.41. The fourth-order valence-corrected chi connectivity index (χ4v) is 2.13. The Morgan fingerprint density at radius 2 is 1.92 bits per heavy atom. The highest BCUT2D eigenvalue weighted by Crippen LogP contribution is 2.25. The summed E-state index contributed by atoms with van der Waals surface area (Å²) in [5, 5.41) is 22.9. The second-order valence-electron chi connectivity index (χ2n) is 5.35. The number of hydrogen-bond donors (Lipinski definition) is 1. The van der Waals surface area contributed by atoms with Gasteiger partial charge in [-0.05, 0) is 29.8 Å². The maximum Gasteiger partial charge on any atom is 0.292 e. The third-order valence-corrected chi connectivity index (χ3v) is 3.41.